The second kappa shape index (κ2) is 8.10. The topological polar surface area (TPSA) is 68.3 Å². The lowest BCUT2D eigenvalue weighted by Crippen LogP contribution is -2.30. The molecule has 2 aromatic carbocycles. The van der Waals surface area contributed by atoms with Crippen LogP contribution in [-0.2, 0) is 15.3 Å². The number of nitrogens with one attached hydrogen (secondary N) is 1. The summed E-state index contributed by atoms with van der Waals surface area (Å²) >= 11 is 3.36. The first-order valence-corrected chi connectivity index (χ1v) is 10.5. The number of hydrogen-bond acceptors (Lipinski definition) is 6. The van der Waals surface area contributed by atoms with Gasteiger partial charge in [-0.2, -0.15) is 0 Å². The molecule has 0 atom stereocenters. The first-order chi connectivity index (χ1) is 13.2. The van der Waals surface area contributed by atoms with Gasteiger partial charge in [0, 0.05) is 11.8 Å². The monoisotopic (exact) mass is 398 g/mol. The zero-order valence-corrected chi connectivity index (χ0v) is 16.1. The number of fused-ring (bicyclic) bond motifs is 1. The molecule has 0 saturated heterocycles. The van der Waals surface area contributed by atoms with Crippen LogP contribution in [0.1, 0.15) is 28.8 Å². The van der Waals surface area contributed by atoms with E-state index in [1.54, 1.807) is 35.2 Å². The third kappa shape index (κ3) is 4.87. The van der Waals surface area contributed by atoms with E-state index >= 15 is 0 Å². The number of carbonyl (C=O) groups excluding carboxylic acids is 2. The fourth-order valence-electron chi connectivity index (χ4n) is 2.51. The van der Waals surface area contributed by atoms with Crippen molar-refractivity contribution in [2.45, 2.75) is 29.0 Å². The maximum absolute atomic E-state index is 12.0. The zero-order chi connectivity index (χ0) is 18.6. The van der Waals surface area contributed by atoms with Crippen LogP contribution in [0.25, 0.3) is 10.2 Å². The third-order valence-electron chi connectivity index (χ3n) is 4.10. The van der Waals surface area contributed by atoms with Crippen LogP contribution >= 0.6 is 23.1 Å². The molecular formula is C20H18N2O3S2. The molecule has 3 aromatic rings. The minimum Gasteiger partial charge on any atom is -0.452 e. The fraction of sp³-hybridized carbons (Fsp3) is 0.250. The lowest BCUT2D eigenvalue weighted by Gasteiger charge is -2.06. The van der Waals surface area contributed by atoms with Gasteiger partial charge >= 0.3 is 5.97 Å². The van der Waals surface area contributed by atoms with Gasteiger partial charge in [0.25, 0.3) is 5.91 Å². The Balaban J connectivity index is 1.28. The number of carbonyl (C=O) groups is 2. The summed E-state index contributed by atoms with van der Waals surface area (Å²) in [5, 5.41) is 2.79. The Morgan fingerprint density at radius 1 is 1.15 bits per heavy atom. The van der Waals surface area contributed by atoms with Crippen molar-refractivity contribution in [1.82, 2.24) is 10.3 Å². The van der Waals surface area contributed by atoms with E-state index in [-0.39, 0.29) is 18.6 Å². The van der Waals surface area contributed by atoms with E-state index in [9.17, 15) is 9.59 Å². The average molecular weight is 399 g/mol. The average Bonchev–Trinajstić information content (AvgIpc) is 3.40. The van der Waals surface area contributed by atoms with Crippen LogP contribution in [0.3, 0.4) is 0 Å². The number of amides is 1. The molecule has 27 heavy (non-hydrogen) atoms. The van der Waals surface area contributed by atoms with Crippen LogP contribution in [-0.4, -0.2) is 29.5 Å². The van der Waals surface area contributed by atoms with Gasteiger partial charge in [-0.3, -0.25) is 4.79 Å². The number of benzene rings is 2. The summed E-state index contributed by atoms with van der Waals surface area (Å²) in [6.45, 7) is -0.232. The van der Waals surface area contributed by atoms with Crippen molar-refractivity contribution in [3.8, 4) is 0 Å². The molecule has 7 heteroatoms. The fourth-order valence-corrected chi connectivity index (χ4v) is 4.53. The predicted octanol–water partition coefficient (Wildman–Crippen LogP) is 4.02. The van der Waals surface area contributed by atoms with E-state index in [2.05, 4.69) is 16.4 Å². The number of para-hydroxylation sites is 1. The van der Waals surface area contributed by atoms with Gasteiger partial charge in [0.1, 0.15) is 0 Å². The molecule has 0 aliphatic heterocycles. The normalized spacial score (nSPS) is 13.5. The Bertz CT molecular complexity index is 932. The molecule has 1 amide bonds. The van der Waals surface area contributed by atoms with Crippen LogP contribution < -0.4 is 5.32 Å². The molecule has 4 rings (SSSR count). The second-order valence-electron chi connectivity index (χ2n) is 6.35. The number of hydrogen-bond donors (Lipinski definition) is 1. The quantitative estimate of drug-likeness (QED) is 0.481. The van der Waals surface area contributed by atoms with Crippen molar-refractivity contribution < 1.29 is 14.3 Å². The summed E-state index contributed by atoms with van der Waals surface area (Å²) < 4.78 is 7.27. The standard InChI is InChI=1S/C20H18N2O3S2/c23-18(21-15-9-10-15)11-25-19(24)14-7-5-13(6-8-14)12-26-20-22-16-3-1-2-4-17(16)27-20/h1-8,15H,9-12H2,(H,21,23). The molecule has 0 radical (unpaired) electrons. The van der Waals surface area contributed by atoms with E-state index < -0.39 is 5.97 Å². The van der Waals surface area contributed by atoms with E-state index in [1.165, 1.54) is 4.70 Å². The van der Waals surface area contributed by atoms with Crippen molar-refractivity contribution >= 4 is 45.2 Å². The summed E-state index contributed by atoms with van der Waals surface area (Å²) in [5.41, 5.74) is 2.57. The Morgan fingerprint density at radius 3 is 2.67 bits per heavy atom. The molecule has 1 heterocycles. The van der Waals surface area contributed by atoms with Crippen LogP contribution in [0.2, 0.25) is 0 Å². The van der Waals surface area contributed by atoms with E-state index in [4.69, 9.17) is 4.74 Å². The molecule has 1 aliphatic carbocycles. The van der Waals surface area contributed by atoms with Gasteiger partial charge < -0.3 is 10.1 Å². The molecule has 0 bridgehead atoms. The van der Waals surface area contributed by atoms with E-state index in [1.807, 2.05) is 30.3 Å². The molecule has 1 aromatic heterocycles. The highest BCUT2D eigenvalue weighted by Crippen LogP contribution is 2.31. The smallest absolute Gasteiger partial charge is 0.338 e. The van der Waals surface area contributed by atoms with Crippen LogP contribution in [0.4, 0.5) is 0 Å². The van der Waals surface area contributed by atoms with Crippen molar-refractivity contribution in [2.75, 3.05) is 6.61 Å². The lowest BCUT2D eigenvalue weighted by atomic mass is 10.1. The van der Waals surface area contributed by atoms with Crippen LogP contribution in [0.15, 0.2) is 52.9 Å². The third-order valence-corrected chi connectivity index (χ3v) is 6.35. The molecule has 5 nitrogen and oxygen atoms in total. The van der Waals surface area contributed by atoms with Gasteiger partial charge in [0.15, 0.2) is 10.9 Å². The van der Waals surface area contributed by atoms with Crippen molar-refractivity contribution in [3.05, 3.63) is 59.7 Å². The summed E-state index contributed by atoms with van der Waals surface area (Å²) in [5.74, 6) is 0.0555. The van der Waals surface area contributed by atoms with E-state index in [0.717, 1.165) is 34.0 Å². The Kier molecular flexibility index (Phi) is 5.40. The number of thiazole rings is 1. The number of nitrogens with zero attached hydrogens (tertiary/aromatic N) is 1. The number of thioether (sulfide) groups is 1. The molecule has 0 spiro atoms. The number of ether oxygens (including phenoxy) is 1. The van der Waals surface area contributed by atoms with Crippen molar-refractivity contribution in [3.63, 3.8) is 0 Å². The largest absolute Gasteiger partial charge is 0.452 e. The molecule has 0 unspecified atom stereocenters. The SMILES string of the molecule is O=C(COC(=O)c1ccc(CSc2nc3ccccc3s2)cc1)NC1CC1. The summed E-state index contributed by atoms with van der Waals surface area (Å²) in [6.07, 6.45) is 2.02. The Hall–Kier alpha value is -2.38. The maximum Gasteiger partial charge on any atom is 0.338 e. The minimum atomic E-state index is -0.480. The number of aromatic nitrogens is 1. The summed E-state index contributed by atoms with van der Waals surface area (Å²) in [4.78, 5) is 28.2. The molecule has 138 valence electrons. The first-order valence-electron chi connectivity index (χ1n) is 8.71. The second-order valence-corrected chi connectivity index (χ2v) is 8.60. The summed E-state index contributed by atoms with van der Waals surface area (Å²) in [7, 11) is 0. The van der Waals surface area contributed by atoms with Crippen molar-refractivity contribution in [2.24, 2.45) is 0 Å². The molecule has 1 N–H and O–H groups in total. The maximum atomic E-state index is 12.0. The first kappa shape index (κ1) is 18.0. The zero-order valence-electron chi connectivity index (χ0n) is 14.5. The lowest BCUT2D eigenvalue weighted by molar-refractivity contribution is -0.124. The Labute approximate surface area is 165 Å². The molecular weight excluding hydrogens is 380 g/mol. The van der Waals surface area contributed by atoms with Gasteiger partial charge in [-0.05, 0) is 42.7 Å². The van der Waals surface area contributed by atoms with Crippen LogP contribution in [0.5, 0.6) is 0 Å². The summed E-state index contributed by atoms with van der Waals surface area (Å²) in [6, 6.07) is 15.6. The highest BCUT2D eigenvalue weighted by Gasteiger charge is 2.23. The predicted molar refractivity (Wildman–Crippen MR) is 107 cm³/mol. The van der Waals surface area contributed by atoms with Gasteiger partial charge in [-0.15, -0.1) is 11.3 Å². The van der Waals surface area contributed by atoms with Crippen LogP contribution in [0, 0.1) is 0 Å². The van der Waals surface area contributed by atoms with Crippen molar-refractivity contribution in [1.29, 1.82) is 0 Å². The number of rotatable bonds is 7. The van der Waals surface area contributed by atoms with Gasteiger partial charge in [0.05, 0.1) is 15.8 Å². The van der Waals surface area contributed by atoms with Gasteiger partial charge in [-0.1, -0.05) is 36.0 Å². The molecule has 1 aliphatic rings. The highest BCUT2D eigenvalue weighted by molar-refractivity contribution is 8.00. The molecule has 1 fully saturated rings. The Morgan fingerprint density at radius 2 is 1.93 bits per heavy atom. The van der Waals surface area contributed by atoms with Gasteiger partial charge in [-0.25, -0.2) is 9.78 Å². The number of esters is 1. The van der Waals surface area contributed by atoms with E-state index in [0.29, 0.717) is 5.56 Å². The minimum absolute atomic E-state index is 0.232. The molecule has 1 saturated carbocycles. The van der Waals surface area contributed by atoms with Gasteiger partial charge in [0.2, 0.25) is 0 Å². The highest BCUT2D eigenvalue weighted by atomic mass is 32.2.